The Bertz CT molecular complexity index is 696. The molecule has 1 saturated heterocycles. The molecule has 2 aliphatic rings. The maximum absolute atomic E-state index is 12.6. The van der Waals surface area contributed by atoms with Gasteiger partial charge in [0.2, 0.25) is 0 Å². The van der Waals surface area contributed by atoms with Crippen molar-refractivity contribution in [2.45, 2.75) is 25.4 Å². The molecule has 4 heteroatoms. The van der Waals surface area contributed by atoms with Crippen LogP contribution in [0.1, 0.15) is 28.1 Å². The lowest BCUT2D eigenvalue weighted by Crippen LogP contribution is -2.64. The number of hydrogen-bond donors (Lipinski definition) is 1. The van der Waals surface area contributed by atoms with Gasteiger partial charge in [-0.1, -0.05) is 18.2 Å². The average Bonchev–Trinajstić information content (AvgIpc) is 3.21. The van der Waals surface area contributed by atoms with Crippen molar-refractivity contribution in [1.29, 1.82) is 0 Å². The van der Waals surface area contributed by atoms with Crippen LogP contribution in [0.15, 0.2) is 24.3 Å². The highest BCUT2D eigenvalue weighted by atomic mass is 32.1. The molecule has 1 aromatic heterocycles. The first-order valence-corrected chi connectivity index (χ1v) is 7.90. The molecule has 1 aromatic carbocycles. The molecule has 2 fully saturated rings. The molecule has 2 heterocycles. The minimum absolute atomic E-state index is 0.0778. The fourth-order valence-electron chi connectivity index (χ4n) is 3.16. The molecule has 1 N–H and O–H groups in total. The van der Waals surface area contributed by atoms with E-state index in [2.05, 4.69) is 12.1 Å². The van der Waals surface area contributed by atoms with Crippen LogP contribution in [0.3, 0.4) is 0 Å². The number of amides is 1. The van der Waals surface area contributed by atoms with Gasteiger partial charge in [0, 0.05) is 4.70 Å². The molecule has 1 saturated carbocycles. The highest BCUT2D eigenvalue weighted by Gasteiger charge is 2.53. The van der Waals surface area contributed by atoms with Crippen LogP contribution in [0, 0.1) is 12.8 Å². The van der Waals surface area contributed by atoms with Crippen molar-refractivity contribution in [2.24, 2.45) is 5.92 Å². The third kappa shape index (κ3) is 1.71. The van der Waals surface area contributed by atoms with Crippen LogP contribution in [0.4, 0.5) is 0 Å². The molecule has 2 aromatic rings. The minimum atomic E-state index is -0.597. The topological polar surface area (TPSA) is 40.5 Å². The number of rotatable bonds is 2. The first-order chi connectivity index (χ1) is 9.58. The number of fused-ring (bicyclic) bond motifs is 1. The van der Waals surface area contributed by atoms with Crippen LogP contribution in [-0.2, 0) is 0 Å². The predicted molar refractivity (Wildman–Crippen MR) is 80.1 cm³/mol. The lowest BCUT2D eigenvalue weighted by molar-refractivity contribution is -0.0956. The number of thiophene rings is 1. The highest BCUT2D eigenvalue weighted by Crippen LogP contribution is 2.45. The summed E-state index contributed by atoms with van der Waals surface area (Å²) in [4.78, 5) is 15.2. The second-order valence-corrected chi connectivity index (χ2v) is 7.14. The second-order valence-electron chi connectivity index (χ2n) is 6.09. The van der Waals surface area contributed by atoms with Gasteiger partial charge in [0.25, 0.3) is 5.91 Å². The van der Waals surface area contributed by atoms with Gasteiger partial charge < -0.3 is 10.0 Å². The lowest BCUT2D eigenvalue weighted by Gasteiger charge is -2.46. The van der Waals surface area contributed by atoms with Gasteiger partial charge in [-0.05, 0) is 42.7 Å². The first-order valence-electron chi connectivity index (χ1n) is 7.08. The summed E-state index contributed by atoms with van der Waals surface area (Å²) in [6.07, 6.45) is 2.22. The zero-order chi connectivity index (χ0) is 13.9. The maximum atomic E-state index is 12.6. The summed E-state index contributed by atoms with van der Waals surface area (Å²) in [6, 6.07) is 8.13. The number of hydrogen-bond acceptors (Lipinski definition) is 3. The van der Waals surface area contributed by atoms with Crippen molar-refractivity contribution in [3.8, 4) is 0 Å². The Morgan fingerprint density at radius 1 is 1.35 bits per heavy atom. The molecule has 20 heavy (non-hydrogen) atoms. The maximum Gasteiger partial charge on any atom is 0.264 e. The van der Waals surface area contributed by atoms with Gasteiger partial charge in [0.1, 0.15) is 5.60 Å². The number of likely N-dealkylation sites (tertiary alicyclic amines) is 1. The number of carbonyl (C=O) groups excluding carboxylic acids is 1. The molecule has 104 valence electrons. The highest BCUT2D eigenvalue weighted by molar-refractivity contribution is 7.21. The third-order valence-corrected chi connectivity index (χ3v) is 5.85. The summed E-state index contributed by atoms with van der Waals surface area (Å²) >= 11 is 1.56. The standard InChI is InChI=1S/C16H17NO2S/c1-10-12-4-2-3-5-13(12)20-14(10)15(18)17-8-16(19,9-17)11-6-7-11/h2-5,11,19H,6-9H2,1H3. The van der Waals surface area contributed by atoms with Crippen molar-refractivity contribution in [1.82, 2.24) is 4.90 Å². The van der Waals surface area contributed by atoms with Gasteiger partial charge >= 0.3 is 0 Å². The molecular formula is C16H17NO2S. The van der Waals surface area contributed by atoms with Gasteiger partial charge in [-0.25, -0.2) is 0 Å². The molecule has 0 unspecified atom stereocenters. The third-order valence-electron chi connectivity index (χ3n) is 4.59. The van der Waals surface area contributed by atoms with E-state index in [9.17, 15) is 9.90 Å². The van der Waals surface area contributed by atoms with Crippen molar-refractivity contribution >= 4 is 27.3 Å². The van der Waals surface area contributed by atoms with E-state index in [-0.39, 0.29) is 5.91 Å². The summed E-state index contributed by atoms with van der Waals surface area (Å²) in [5.41, 5.74) is 0.470. The first kappa shape index (κ1) is 12.4. The number of benzene rings is 1. The molecule has 0 bridgehead atoms. The quantitative estimate of drug-likeness (QED) is 0.922. The minimum Gasteiger partial charge on any atom is -0.386 e. The molecule has 0 spiro atoms. The van der Waals surface area contributed by atoms with Crippen molar-refractivity contribution in [3.63, 3.8) is 0 Å². The lowest BCUT2D eigenvalue weighted by atomic mass is 9.88. The summed E-state index contributed by atoms with van der Waals surface area (Å²) in [7, 11) is 0. The Kier molecular flexibility index (Phi) is 2.51. The number of nitrogens with zero attached hydrogens (tertiary/aromatic N) is 1. The number of carbonyl (C=O) groups is 1. The number of aliphatic hydroxyl groups is 1. The summed E-state index contributed by atoms with van der Waals surface area (Å²) in [5.74, 6) is 0.504. The van der Waals surface area contributed by atoms with E-state index in [1.54, 1.807) is 16.2 Å². The number of aryl methyl sites for hydroxylation is 1. The monoisotopic (exact) mass is 287 g/mol. The smallest absolute Gasteiger partial charge is 0.264 e. The zero-order valence-electron chi connectivity index (χ0n) is 11.4. The summed E-state index contributed by atoms with van der Waals surface area (Å²) in [6.45, 7) is 3.02. The van der Waals surface area contributed by atoms with Crippen LogP contribution in [0.2, 0.25) is 0 Å². The van der Waals surface area contributed by atoms with Crippen LogP contribution < -0.4 is 0 Å². The van der Waals surface area contributed by atoms with Gasteiger partial charge in [0.05, 0.1) is 18.0 Å². The van der Waals surface area contributed by atoms with E-state index in [0.717, 1.165) is 28.0 Å². The van der Waals surface area contributed by atoms with Crippen LogP contribution >= 0.6 is 11.3 Å². The molecule has 4 rings (SSSR count). The number of β-amino-alcohol motifs (C(OH)–C–C–N with tert-alkyl or cyclic N) is 1. The van der Waals surface area contributed by atoms with Crippen LogP contribution in [0.5, 0.6) is 0 Å². The summed E-state index contributed by atoms with van der Waals surface area (Å²) in [5, 5.41) is 11.5. The van der Waals surface area contributed by atoms with Crippen molar-refractivity contribution in [2.75, 3.05) is 13.1 Å². The van der Waals surface area contributed by atoms with Crippen molar-refractivity contribution < 1.29 is 9.90 Å². The van der Waals surface area contributed by atoms with E-state index >= 15 is 0 Å². The Hall–Kier alpha value is -1.39. The zero-order valence-corrected chi connectivity index (χ0v) is 12.2. The fourth-order valence-corrected chi connectivity index (χ4v) is 4.34. The molecule has 1 aliphatic carbocycles. The van der Waals surface area contributed by atoms with E-state index in [1.807, 2.05) is 19.1 Å². The van der Waals surface area contributed by atoms with Gasteiger partial charge in [-0.2, -0.15) is 0 Å². The molecule has 0 radical (unpaired) electrons. The molecule has 1 amide bonds. The van der Waals surface area contributed by atoms with Gasteiger partial charge in [-0.15, -0.1) is 11.3 Å². The Balaban J connectivity index is 1.60. The van der Waals surface area contributed by atoms with Gasteiger partial charge in [-0.3, -0.25) is 4.79 Å². The average molecular weight is 287 g/mol. The summed E-state index contributed by atoms with van der Waals surface area (Å²) < 4.78 is 1.16. The Labute approximate surface area is 121 Å². The van der Waals surface area contributed by atoms with E-state index < -0.39 is 5.60 Å². The van der Waals surface area contributed by atoms with Crippen LogP contribution in [-0.4, -0.2) is 34.6 Å². The molecule has 0 atom stereocenters. The normalized spacial score (nSPS) is 21.0. The molecule has 1 aliphatic heterocycles. The molecular weight excluding hydrogens is 270 g/mol. The van der Waals surface area contributed by atoms with Crippen molar-refractivity contribution in [3.05, 3.63) is 34.7 Å². The second kappa shape index (κ2) is 4.06. The van der Waals surface area contributed by atoms with Crippen LogP contribution in [0.25, 0.3) is 10.1 Å². The van der Waals surface area contributed by atoms with E-state index in [1.165, 1.54) is 5.39 Å². The Morgan fingerprint density at radius 3 is 2.70 bits per heavy atom. The predicted octanol–water partition coefficient (Wildman–Crippen LogP) is 2.81. The van der Waals surface area contributed by atoms with E-state index in [0.29, 0.717) is 19.0 Å². The largest absolute Gasteiger partial charge is 0.386 e. The van der Waals surface area contributed by atoms with E-state index in [4.69, 9.17) is 0 Å². The van der Waals surface area contributed by atoms with Gasteiger partial charge in [0.15, 0.2) is 0 Å². The Morgan fingerprint density at radius 2 is 2.05 bits per heavy atom. The fraction of sp³-hybridized carbons (Fsp3) is 0.438. The SMILES string of the molecule is Cc1c(C(=O)N2CC(O)(C3CC3)C2)sc2ccccc12. The molecule has 3 nitrogen and oxygen atoms in total.